The molecule has 1 aromatic carbocycles. The molecule has 0 aliphatic carbocycles. The van der Waals surface area contributed by atoms with Crippen molar-refractivity contribution in [3.63, 3.8) is 0 Å². The molecule has 1 amide bonds. The number of nitrogens with zero attached hydrogens (tertiary/aromatic N) is 1. The fourth-order valence-electron chi connectivity index (χ4n) is 2.07. The monoisotopic (exact) mass is 304 g/mol. The van der Waals surface area contributed by atoms with E-state index in [0.29, 0.717) is 17.9 Å². The second-order valence-corrected chi connectivity index (χ2v) is 5.46. The summed E-state index contributed by atoms with van der Waals surface area (Å²) in [4.78, 5) is 26.1. The van der Waals surface area contributed by atoms with Gasteiger partial charge in [0.15, 0.2) is 0 Å². The normalized spacial score (nSPS) is 13.4. The second kappa shape index (κ2) is 5.53. The van der Waals surface area contributed by atoms with E-state index >= 15 is 0 Å². The van der Waals surface area contributed by atoms with E-state index in [-0.39, 0.29) is 17.5 Å². The fraction of sp³-hybridized carbons (Fsp3) is 0.214. The van der Waals surface area contributed by atoms with Gasteiger partial charge in [-0.1, -0.05) is 6.07 Å². The number of carboxylic acid groups (broad SMARTS) is 1. The highest BCUT2D eigenvalue weighted by Crippen LogP contribution is 2.27. The van der Waals surface area contributed by atoms with E-state index in [1.54, 1.807) is 11.4 Å². The summed E-state index contributed by atoms with van der Waals surface area (Å²) in [5, 5.41) is 13.3. The molecule has 1 aromatic heterocycles. The van der Waals surface area contributed by atoms with Gasteiger partial charge in [0.1, 0.15) is 12.4 Å². The lowest BCUT2D eigenvalue weighted by atomic mass is 10.0. The van der Waals surface area contributed by atoms with Gasteiger partial charge in [0, 0.05) is 23.6 Å². The molecular formula is C14H12N2O4S. The average Bonchev–Trinajstić information content (AvgIpc) is 2.93. The fourth-order valence-corrected chi connectivity index (χ4v) is 2.71. The van der Waals surface area contributed by atoms with E-state index in [9.17, 15) is 9.59 Å². The lowest BCUT2D eigenvalue weighted by Crippen LogP contribution is -2.18. The molecule has 0 unspecified atom stereocenters. The molecule has 0 fully saturated rings. The number of carbonyl (C=O) groups is 2. The van der Waals surface area contributed by atoms with E-state index < -0.39 is 5.97 Å². The third-order valence-corrected chi connectivity index (χ3v) is 3.98. The minimum Gasteiger partial charge on any atom is -0.487 e. The van der Waals surface area contributed by atoms with Crippen LogP contribution in [0.2, 0.25) is 0 Å². The van der Waals surface area contributed by atoms with E-state index in [2.05, 4.69) is 10.3 Å². The number of benzene rings is 1. The number of anilines is 1. The maximum absolute atomic E-state index is 11.4. The van der Waals surface area contributed by atoms with Crippen molar-refractivity contribution in [3.8, 4) is 5.75 Å². The largest absolute Gasteiger partial charge is 0.487 e. The Morgan fingerprint density at radius 3 is 3.05 bits per heavy atom. The maximum atomic E-state index is 11.4. The Kier molecular flexibility index (Phi) is 3.57. The van der Waals surface area contributed by atoms with Crippen molar-refractivity contribution < 1.29 is 19.4 Å². The molecule has 0 saturated carbocycles. The first-order valence-corrected chi connectivity index (χ1v) is 7.23. The van der Waals surface area contributed by atoms with Gasteiger partial charge in [-0.3, -0.25) is 4.79 Å². The Hall–Kier alpha value is -2.41. The van der Waals surface area contributed by atoms with Crippen molar-refractivity contribution in [2.24, 2.45) is 0 Å². The molecule has 0 radical (unpaired) electrons. The van der Waals surface area contributed by atoms with Crippen molar-refractivity contribution in [1.29, 1.82) is 0 Å². The first-order chi connectivity index (χ1) is 10.1. The van der Waals surface area contributed by atoms with Crippen LogP contribution >= 0.6 is 11.3 Å². The van der Waals surface area contributed by atoms with Crippen LogP contribution in [0.1, 0.15) is 27.5 Å². The molecule has 7 heteroatoms. The quantitative estimate of drug-likeness (QED) is 0.905. The van der Waals surface area contributed by atoms with Gasteiger partial charge in [-0.15, -0.1) is 11.3 Å². The number of hydrogen-bond donors (Lipinski definition) is 2. The standard InChI is InChI=1S/C14H12N2O4S/c17-12-4-2-8-1-3-10(5-11(8)16-12)20-6-9-7-21-13(15-9)14(18)19/h1,3,5,7H,2,4,6H2,(H,16,17)(H,18,19). The molecule has 0 bridgehead atoms. The van der Waals surface area contributed by atoms with Gasteiger partial charge in [0.25, 0.3) is 0 Å². The number of aromatic nitrogens is 1. The van der Waals surface area contributed by atoms with Crippen LogP contribution in [-0.2, 0) is 17.8 Å². The Bertz CT molecular complexity index is 711. The van der Waals surface area contributed by atoms with Gasteiger partial charge in [-0.2, -0.15) is 0 Å². The summed E-state index contributed by atoms with van der Waals surface area (Å²) in [6, 6.07) is 5.53. The van der Waals surface area contributed by atoms with Gasteiger partial charge >= 0.3 is 5.97 Å². The Morgan fingerprint density at radius 2 is 2.29 bits per heavy atom. The van der Waals surface area contributed by atoms with Crippen LogP contribution < -0.4 is 10.1 Å². The molecule has 0 atom stereocenters. The number of ether oxygens (including phenoxy) is 1. The maximum Gasteiger partial charge on any atom is 0.365 e. The van der Waals surface area contributed by atoms with Crippen LogP contribution in [0.3, 0.4) is 0 Å². The molecule has 108 valence electrons. The Balaban J connectivity index is 1.69. The minimum absolute atomic E-state index is 0.00486. The van der Waals surface area contributed by atoms with E-state index in [1.807, 2.05) is 12.1 Å². The van der Waals surface area contributed by atoms with Crippen LogP contribution in [0.25, 0.3) is 0 Å². The molecule has 0 spiro atoms. The summed E-state index contributed by atoms with van der Waals surface area (Å²) in [5.74, 6) is -0.422. The third kappa shape index (κ3) is 3.03. The Morgan fingerprint density at radius 1 is 1.43 bits per heavy atom. The average molecular weight is 304 g/mol. The first-order valence-electron chi connectivity index (χ1n) is 6.35. The van der Waals surface area contributed by atoms with Crippen LogP contribution in [0.4, 0.5) is 5.69 Å². The molecule has 2 N–H and O–H groups in total. The zero-order chi connectivity index (χ0) is 14.8. The lowest BCUT2D eigenvalue weighted by molar-refractivity contribution is -0.116. The predicted octanol–water partition coefficient (Wildman–Crippen LogP) is 2.31. The van der Waals surface area contributed by atoms with E-state index in [0.717, 1.165) is 29.0 Å². The van der Waals surface area contributed by atoms with E-state index in [1.165, 1.54) is 0 Å². The lowest BCUT2D eigenvalue weighted by Gasteiger charge is -2.17. The molecule has 1 aliphatic heterocycles. The van der Waals surface area contributed by atoms with Crippen molar-refractivity contribution in [2.45, 2.75) is 19.4 Å². The third-order valence-electron chi connectivity index (χ3n) is 3.10. The number of fused-ring (bicyclic) bond motifs is 1. The van der Waals surface area contributed by atoms with Crippen molar-refractivity contribution in [1.82, 2.24) is 4.98 Å². The summed E-state index contributed by atoms with van der Waals surface area (Å²) >= 11 is 1.07. The zero-order valence-corrected chi connectivity index (χ0v) is 11.8. The summed E-state index contributed by atoms with van der Waals surface area (Å²) in [6.45, 7) is 0.191. The molecular weight excluding hydrogens is 292 g/mol. The second-order valence-electron chi connectivity index (χ2n) is 4.60. The molecule has 2 heterocycles. The number of amides is 1. The Labute approximate surface area is 124 Å². The number of nitrogens with one attached hydrogen (secondary N) is 1. The smallest absolute Gasteiger partial charge is 0.365 e. The topological polar surface area (TPSA) is 88.5 Å². The van der Waals surface area contributed by atoms with Gasteiger partial charge in [0.2, 0.25) is 10.9 Å². The summed E-state index contributed by atoms with van der Waals surface area (Å²) in [5.41, 5.74) is 2.43. The number of hydrogen-bond acceptors (Lipinski definition) is 5. The molecule has 1 aliphatic rings. The predicted molar refractivity (Wildman–Crippen MR) is 76.8 cm³/mol. The summed E-state index contributed by atoms with van der Waals surface area (Å²) < 4.78 is 5.59. The van der Waals surface area contributed by atoms with Gasteiger partial charge < -0.3 is 15.2 Å². The van der Waals surface area contributed by atoms with Crippen molar-refractivity contribution in [2.75, 3.05) is 5.32 Å². The molecule has 3 rings (SSSR count). The highest BCUT2D eigenvalue weighted by Gasteiger charge is 2.15. The molecule has 2 aromatic rings. The highest BCUT2D eigenvalue weighted by atomic mass is 32.1. The van der Waals surface area contributed by atoms with Crippen LogP contribution in [0, 0.1) is 0 Å². The number of aryl methyl sites for hydroxylation is 1. The summed E-state index contributed by atoms with van der Waals surface area (Å²) in [6.07, 6.45) is 1.24. The SMILES string of the molecule is O=C1CCc2ccc(OCc3csc(C(=O)O)n3)cc2N1. The van der Waals surface area contributed by atoms with Crippen molar-refractivity contribution >= 4 is 28.9 Å². The van der Waals surface area contributed by atoms with Crippen molar-refractivity contribution in [3.05, 3.63) is 39.8 Å². The highest BCUT2D eigenvalue weighted by molar-refractivity contribution is 7.11. The number of thiazole rings is 1. The van der Waals surface area contributed by atoms with Crippen LogP contribution in [0.5, 0.6) is 5.75 Å². The van der Waals surface area contributed by atoms with Gasteiger partial charge in [-0.25, -0.2) is 9.78 Å². The number of carboxylic acids is 1. The zero-order valence-electron chi connectivity index (χ0n) is 11.0. The molecule has 21 heavy (non-hydrogen) atoms. The minimum atomic E-state index is -1.04. The van der Waals surface area contributed by atoms with Gasteiger partial charge in [0.05, 0.1) is 5.69 Å². The first kappa shape index (κ1) is 13.6. The van der Waals surface area contributed by atoms with Crippen LogP contribution in [-0.4, -0.2) is 22.0 Å². The number of carbonyl (C=O) groups excluding carboxylic acids is 1. The molecule has 0 saturated heterocycles. The number of aromatic carboxylic acids is 1. The summed E-state index contributed by atoms with van der Waals surface area (Å²) in [7, 11) is 0. The van der Waals surface area contributed by atoms with E-state index in [4.69, 9.17) is 9.84 Å². The molecule has 6 nitrogen and oxygen atoms in total. The van der Waals surface area contributed by atoms with Gasteiger partial charge in [-0.05, 0) is 18.1 Å². The number of rotatable bonds is 4. The van der Waals surface area contributed by atoms with Crippen LogP contribution in [0.15, 0.2) is 23.6 Å².